The molecule has 0 saturated carbocycles. The topological polar surface area (TPSA) is 53.5 Å². The van der Waals surface area contributed by atoms with Gasteiger partial charge in [-0.1, -0.05) is 6.92 Å². The zero-order valence-corrected chi connectivity index (χ0v) is 12.6. The molecule has 0 radical (unpaired) electrons. The van der Waals surface area contributed by atoms with E-state index in [1.165, 1.54) is 10.5 Å². The summed E-state index contributed by atoms with van der Waals surface area (Å²) in [6, 6.07) is 3.23. The molecule has 18 heavy (non-hydrogen) atoms. The molecular weight excluding hydrogens is 318 g/mol. The molecule has 7 heteroatoms. The van der Waals surface area contributed by atoms with Crippen molar-refractivity contribution in [1.29, 1.82) is 0 Å². The maximum absolute atomic E-state index is 12.3. The number of piperazine rings is 1. The second-order valence-corrected chi connectivity index (χ2v) is 6.91. The Morgan fingerprint density at radius 3 is 2.44 bits per heavy atom. The van der Waals surface area contributed by atoms with E-state index in [0.717, 1.165) is 19.6 Å². The molecule has 5 nitrogen and oxygen atoms in total. The molecule has 0 aromatic carbocycles. The quantitative estimate of drug-likeness (QED) is 0.779. The van der Waals surface area contributed by atoms with Gasteiger partial charge in [0.05, 0.1) is 0 Å². The van der Waals surface area contributed by atoms with Gasteiger partial charge in [0, 0.05) is 32.4 Å². The number of likely N-dealkylation sites (N-methyl/N-ethyl adjacent to an activating group) is 1. The Kier molecular flexibility index (Phi) is 4.37. The summed E-state index contributed by atoms with van der Waals surface area (Å²) >= 11 is 3.20. The van der Waals surface area contributed by atoms with Crippen LogP contribution >= 0.6 is 15.9 Å². The SMILES string of the molecule is CCN1CCN(S(=O)(=O)c2ccc(Br)nc2)CC1. The fraction of sp³-hybridized carbons (Fsp3) is 0.545. The first-order chi connectivity index (χ1) is 8.54. The van der Waals surface area contributed by atoms with Crippen LogP contribution in [0.25, 0.3) is 0 Å². The van der Waals surface area contributed by atoms with Crippen molar-refractivity contribution in [3.63, 3.8) is 0 Å². The predicted octanol–water partition coefficient (Wildman–Crippen LogP) is 1.17. The van der Waals surface area contributed by atoms with Gasteiger partial charge in [-0.3, -0.25) is 0 Å². The first-order valence-corrected chi connectivity index (χ1v) is 8.11. The Morgan fingerprint density at radius 2 is 1.94 bits per heavy atom. The van der Waals surface area contributed by atoms with Gasteiger partial charge in [0.1, 0.15) is 9.50 Å². The van der Waals surface area contributed by atoms with Crippen molar-refractivity contribution in [2.24, 2.45) is 0 Å². The van der Waals surface area contributed by atoms with E-state index in [0.29, 0.717) is 17.7 Å². The minimum absolute atomic E-state index is 0.260. The van der Waals surface area contributed by atoms with Crippen LogP contribution in [0.15, 0.2) is 27.8 Å². The van der Waals surface area contributed by atoms with Crippen molar-refractivity contribution in [3.05, 3.63) is 22.9 Å². The molecule has 1 aromatic rings. The summed E-state index contributed by atoms with van der Waals surface area (Å²) in [5.41, 5.74) is 0. The van der Waals surface area contributed by atoms with Gasteiger partial charge in [0.2, 0.25) is 10.0 Å². The van der Waals surface area contributed by atoms with Gasteiger partial charge in [0.25, 0.3) is 0 Å². The number of pyridine rings is 1. The third-order valence-corrected chi connectivity index (χ3v) is 5.47. The van der Waals surface area contributed by atoms with Crippen LogP contribution in [-0.2, 0) is 10.0 Å². The summed E-state index contributed by atoms with van der Waals surface area (Å²) in [4.78, 5) is 6.47. The molecule has 0 spiro atoms. The largest absolute Gasteiger partial charge is 0.301 e. The molecule has 1 aliphatic rings. The zero-order valence-electron chi connectivity index (χ0n) is 10.2. The van der Waals surface area contributed by atoms with Crippen molar-refractivity contribution in [1.82, 2.24) is 14.2 Å². The van der Waals surface area contributed by atoms with Gasteiger partial charge < -0.3 is 4.90 Å². The summed E-state index contributed by atoms with van der Waals surface area (Å²) in [5, 5.41) is 0. The lowest BCUT2D eigenvalue weighted by molar-refractivity contribution is 0.196. The Labute approximate surface area is 116 Å². The average molecular weight is 334 g/mol. The van der Waals surface area contributed by atoms with Gasteiger partial charge >= 0.3 is 0 Å². The summed E-state index contributed by atoms with van der Waals surface area (Å²) in [6.07, 6.45) is 1.39. The first-order valence-electron chi connectivity index (χ1n) is 5.88. The first kappa shape index (κ1) is 13.9. The number of sulfonamides is 1. The molecule has 0 amide bonds. The molecule has 1 aromatic heterocycles. The van der Waals surface area contributed by atoms with Crippen LogP contribution in [0.4, 0.5) is 0 Å². The molecule has 1 saturated heterocycles. The third kappa shape index (κ3) is 2.90. The number of nitrogens with zero attached hydrogens (tertiary/aromatic N) is 3. The lowest BCUT2D eigenvalue weighted by Gasteiger charge is -2.33. The van der Waals surface area contributed by atoms with Gasteiger partial charge in [-0.25, -0.2) is 13.4 Å². The van der Waals surface area contributed by atoms with E-state index in [4.69, 9.17) is 0 Å². The Balaban J connectivity index is 2.15. The molecule has 2 heterocycles. The van der Waals surface area contributed by atoms with Crippen molar-refractivity contribution in [3.8, 4) is 0 Å². The van der Waals surface area contributed by atoms with Crippen LogP contribution in [-0.4, -0.2) is 55.3 Å². The zero-order chi connectivity index (χ0) is 13.2. The van der Waals surface area contributed by atoms with Crippen molar-refractivity contribution in [2.75, 3.05) is 32.7 Å². The lowest BCUT2D eigenvalue weighted by atomic mass is 10.4. The monoisotopic (exact) mass is 333 g/mol. The van der Waals surface area contributed by atoms with Crippen LogP contribution in [0.5, 0.6) is 0 Å². The lowest BCUT2D eigenvalue weighted by Crippen LogP contribution is -2.48. The highest BCUT2D eigenvalue weighted by atomic mass is 79.9. The highest BCUT2D eigenvalue weighted by molar-refractivity contribution is 9.10. The van der Waals surface area contributed by atoms with Gasteiger partial charge in [0.15, 0.2) is 0 Å². The van der Waals surface area contributed by atoms with Gasteiger partial charge in [-0.2, -0.15) is 4.31 Å². The minimum atomic E-state index is -3.39. The average Bonchev–Trinajstić information content (AvgIpc) is 2.39. The molecular formula is C11H16BrN3O2S. The minimum Gasteiger partial charge on any atom is -0.301 e. The molecule has 0 aliphatic carbocycles. The van der Waals surface area contributed by atoms with Crippen molar-refractivity contribution in [2.45, 2.75) is 11.8 Å². The molecule has 1 fully saturated rings. The van der Waals surface area contributed by atoms with E-state index in [1.54, 1.807) is 12.1 Å². The smallest absolute Gasteiger partial charge is 0.244 e. The maximum atomic E-state index is 12.3. The van der Waals surface area contributed by atoms with Crippen molar-refractivity contribution >= 4 is 26.0 Å². The van der Waals surface area contributed by atoms with Crippen molar-refractivity contribution < 1.29 is 8.42 Å². The number of rotatable bonds is 3. The fourth-order valence-electron chi connectivity index (χ4n) is 1.95. The Hall–Kier alpha value is -0.500. The highest BCUT2D eigenvalue weighted by Gasteiger charge is 2.28. The molecule has 100 valence electrons. The summed E-state index contributed by atoms with van der Waals surface area (Å²) in [7, 11) is -3.39. The third-order valence-electron chi connectivity index (χ3n) is 3.12. The number of hydrogen-bond acceptors (Lipinski definition) is 4. The summed E-state index contributed by atoms with van der Waals surface area (Å²) in [5.74, 6) is 0. The molecule has 1 aliphatic heterocycles. The van der Waals surface area contributed by atoms with E-state index in [1.807, 2.05) is 0 Å². The summed E-state index contributed by atoms with van der Waals surface area (Å²) in [6.45, 7) is 5.73. The van der Waals surface area contributed by atoms with Crippen LogP contribution in [0.2, 0.25) is 0 Å². The molecule has 0 N–H and O–H groups in total. The van der Waals surface area contributed by atoms with Crippen LogP contribution < -0.4 is 0 Å². The Bertz CT molecular complexity index is 496. The van der Waals surface area contributed by atoms with E-state index < -0.39 is 10.0 Å². The standard InChI is InChI=1S/C11H16BrN3O2S/c1-2-14-5-7-15(8-6-14)18(16,17)10-3-4-11(12)13-9-10/h3-4,9H,2,5-8H2,1H3. The predicted molar refractivity (Wildman–Crippen MR) is 72.8 cm³/mol. The van der Waals surface area contributed by atoms with Crippen LogP contribution in [0.1, 0.15) is 6.92 Å². The number of hydrogen-bond donors (Lipinski definition) is 0. The molecule has 0 unspecified atom stereocenters. The summed E-state index contributed by atoms with van der Waals surface area (Å²) < 4.78 is 26.9. The maximum Gasteiger partial charge on any atom is 0.244 e. The second-order valence-electron chi connectivity index (χ2n) is 4.15. The number of aromatic nitrogens is 1. The highest BCUT2D eigenvalue weighted by Crippen LogP contribution is 2.18. The van der Waals surface area contributed by atoms with Crippen LogP contribution in [0.3, 0.4) is 0 Å². The van der Waals surface area contributed by atoms with Crippen LogP contribution in [0, 0.1) is 0 Å². The fourth-order valence-corrected chi connectivity index (χ4v) is 3.55. The van der Waals surface area contributed by atoms with E-state index in [2.05, 4.69) is 32.7 Å². The Morgan fingerprint density at radius 1 is 1.28 bits per heavy atom. The van der Waals surface area contributed by atoms with E-state index in [-0.39, 0.29) is 4.90 Å². The normalized spacial score (nSPS) is 19.0. The number of halogens is 1. The van der Waals surface area contributed by atoms with E-state index in [9.17, 15) is 8.42 Å². The van der Waals surface area contributed by atoms with E-state index >= 15 is 0 Å². The van der Waals surface area contributed by atoms with Gasteiger partial charge in [-0.15, -0.1) is 0 Å². The molecule has 0 atom stereocenters. The molecule has 0 bridgehead atoms. The van der Waals surface area contributed by atoms with Gasteiger partial charge in [-0.05, 0) is 34.6 Å². The second kappa shape index (κ2) is 5.64. The molecule has 2 rings (SSSR count).